The Kier molecular flexibility index (Phi) is 7.76. The third kappa shape index (κ3) is 5.79. The van der Waals surface area contributed by atoms with Gasteiger partial charge in [-0.3, -0.25) is 4.79 Å². The lowest BCUT2D eigenvalue weighted by Crippen LogP contribution is -2.49. The number of benzene rings is 1. The van der Waals surface area contributed by atoms with Gasteiger partial charge in [0.1, 0.15) is 23.5 Å². The van der Waals surface area contributed by atoms with Crippen molar-refractivity contribution in [3.05, 3.63) is 80.4 Å². The van der Waals surface area contributed by atoms with E-state index < -0.39 is 43.7 Å². The number of hydrogen-bond acceptors (Lipinski definition) is 9. The lowest BCUT2D eigenvalue weighted by molar-refractivity contribution is -0.390. The Bertz CT molecular complexity index is 1570. The topological polar surface area (TPSA) is 141 Å². The van der Waals surface area contributed by atoms with Crippen LogP contribution in [0.15, 0.2) is 47.5 Å². The number of halogens is 2. The minimum atomic E-state index is -3.91. The minimum Gasteiger partial charge on any atom is -0.483 e. The van der Waals surface area contributed by atoms with E-state index in [-0.39, 0.29) is 49.3 Å². The van der Waals surface area contributed by atoms with Crippen molar-refractivity contribution in [2.45, 2.75) is 37.5 Å². The van der Waals surface area contributed by atoms with E-state index in [4.69, 9.17) is 4.74 Å². The number of nitrogens with zero attached hydrogens (tertiary/aromatic N) is 6. The maximum atomic E-state index is 13.9. The minimum absolute atomic E-state index is 0.0104. The molecule has 12 nitrogen and oxygen atoms in total. The Morgan fingerprint density at radius 2 is 1.75 bits per heavy atom. The molecule has 1 aromatic carbocycles. The van der Waals surface area contributed by atoms with E-state index >= 15 is 0 Å². The van der Waals surface area contributed by atoms with E-state index in [9.17, 15) is 32.1 Å². The standard InChI is InChI=1S/C25H26F2N6O6S/c26-18-12-19(27)14-20(13-18)32-25(34)23(39-21-5-1-2-6-21)22(15-29-32)30-8-10-31(11-9-30)40(37,38)16-17-4-3-7-28-24(17)33(35)36/h3-4,7,12-15,21H,1-2,5-6,8-11,16H2. The van der Waals surface area contributed by atoms with Gasteiger partial charge in [0.2, 0.25) is 15.8 Å². The molecule has 212 valence electrons. The molecule has 0 bridgehead atoms. The Morgan fingerprint density at radius 3 is 2.40 bits per heavy atom. The zero-order chi connectivity index (χ0) is 28.4. The molecule has 0 unspecified atom stereocenters. The van der Waals surface area contributed by atoms with Crippen molar-refractivity contribution in [3.8, 4) is 11.4 Å². The number of nitro groups is 1. The quantitative estimate of drug-likeness (QED) is 0.292. The molecular weight excluding hydrogens is 550 g/mol. The van der Waals surface area contributed by atoms with Crippen LogP contribution >= 0.6 is 0 Å². The molecule has 2 aliphatic rings. The molecule has 0 amide bonds. The van der Waals surface area contributed by atoms with Gasteiger partial charge >= 0.3 is 11.4 Å². The van der Waals surface area contributed by atoms with Crippen molar-refractivity contribution in [3.63, 3.8) is 0 Å². The highest BCUT2D eigenvalue weighted by Gasteiger charge is 2.32. The maximum absolute atomic E-state index is 13.9. The van der Waals surface area contributed by atoms with Crippen molar-refractivity contribution in [1.29, 1.82) is 0 Å². The molecule has 1 aliphatic carbocycles. The second-order valence-electron chi connectivity index (χ2n) is 9.61. The molecule has 0 atom stereocenters. The molecule has 0 N–H and O–H groups in total. The highest BCUT2D eigenvalue weighted by atomic mass is 32.2. The summed E-state index contributed by atoms with van der Waals surface area (Å²) in [6.45, 7) is 0.485. The Labute approximate surface area is 228 Å². The first-order chi connectivity index (χ1) is 19.1. The summed E-state index contributed by atoms with van der Waals surface area (Å²) in [4.78, 5) is 29.5. The van der Waals surface area contributed by atoms with Gasteiger partial charge in [-0.05, 0) is 59.9 Å². The lowest BCUT2D eigenvalue weighted by Gasteiger charge is -2.36. The summed E-state index contributed by atoms with van der Waals surface area (Å²) in [6, 6.07) is 5.48. The number of ether oxygens (including phenoxy) is 1. The number of rotatable bonds is 8. The number of aromatic nitrogens is 3. The van der Waals surface area contributed by atoms with Crippen molar-refractivity contribution < 1.29 is 26.9 Å². The average Bonchev–Trinajstić information content (AvgIpc) is 3.42. The first-order valence-electron chi connectivity index (χ1n) is 12.7. The van der Waals surface area contributed by atoms with Crippen LogP contribution in [0.3, 0.4) is 0 Å². The van der Waals surface area contributed by atoms with Crippen LogP contribution in [0.2, 0.25) is 0 Å². The molecule has 40 heavy (non-hydrogen) atoms. The van der Waals surface area contributed by atoms with Crippen LogP contribution in [0.1, 0.15) is 31.2 Å². The molecule has 0 radical (unpaired) electrons. The van der Waals surface area contributed by atoms with Crippen LogP contribution in [-0.4, -0.2) is 64.7 Å². The fraction of sp³-hybridized carbons (Fsp3) is 0.400. The summed E-state index contributed by atoms with van der Waals surface area (Å²) < 4.78 is 62.1. The molecule has 2 fully saturated rings. The highest BCUT2D eigenvalue weighted by molar-refractivity contribution is 7.88. The van der Waals surface area contributed by atoms with E-state index in [1.54, 1.807) is 4.90 Å². The molecule has 1 saturated heterocycles. The summed E-state index contributed by atoms with van der Waals surface area (Å²) in [5.41, 5.74) is -0.437. The summed E-state index contributed by atoms with van der Waals surface area (Å²) in [7, 11) is -3.91. The van der Waals surface area contributed by atoms with Crippen LogP contribution < -0.4 is 15.2 Å². The molecule has 5 rings (SSSR count). The SMILES string of the molecule is O=c1c(OC2CCCC2)c(N2CCN(S(=O)(=O)Cc3cccnc3[N+](=O)[O-])CC2)cnn1-c1cc(F)cc(F)c1. The third-order valence-electron chi connectivity index (χ3n) is 6.94. The van der Waals surface area contributed by atoms with Crippen LogP contribution in [0, 0.1) is 21.7 Å². The van der Waals surface area contributed by atoms with E-state index in [1.165, 1.54) is 28.8 Å². The fourth-order valence-electron chi connectivity index (χ4n) is 4.99. The van der Waals surface area contributed by atoms with Gasteiger partial charge < -0.3 is 19.8 Å². The van der Waals surface area contributed by atoms with Gasteiger partial charge in [0.05, 0.1) is 29.3 Å². The Morgan fingerprint density at radius 1 is 1.07 bits per heavy atom. The van der Waals surface area contributed by atoms with E-state index in [2.05, 4.69) is 10.1 Å². The number of piperazine rings is 1. The van der Waals surface area contributed by atoms with Crippen LogP contribution in [0.5, 0.6) is 5.75 Å². The zero-order valence-electron chi connectivity index (χ0n) is 21.3. The van der Waals surface area contributed by atoms with Gasteiger partial charge in [-0.15, -0.1) is 0 Å². The average molecular weight is 577 g/mol. The molecule has 1 saturated carbocycles. The Balaban J connectivity index is 1.39. The lowest BCUT2D eigenvalue weighted by atomic mass is 10.2. The monoisotopic (exact) mass is 576 g/mol. The smallest absolute Gasteiger partial charge is 0.367 e. The molecule has 3 aromatic rings. The van der Waals surface area contributed by atoms with Crippen LogP contribution in [0.4, 0.5) is 20.3 Å². The predicted octanol–water partition coefficient (Wildman–Crippen LogP) is 2.79. The first-order valence-corrected chi connectivity index (χ1v) is 14.3. The summed E-state index contributed by atoms with van der Waals surface area (Å²) in [5, 5.41) is 15.4. The number of sulfonamides is 1. The van der Waals surface area contributed by atoms with Gasteiger partial charge in [0.25, 0.3) is 0 Å². The summed E-state index contributed by atoms with van der Waals surface area (Å²) in [5.74, 6) is -2.83. The van der Waals surface area contributed by atoms with Gasteiger partial charge in [0, 0.05) is 32.2 Å². The Hall–Kier alpha value is -3.98. The molecule has 2 aromatic heterocycles. The van der Waals surface area contributed by atoms with Gasteiger partial charge in [0.15, 0.2) is 0 Å². The molecule has 0 spiro atoms. The van der Waals surface area contributed by atoms with Crippen molar-refractivity contribution >= 4 is 21.5 Å². The van der Waals surface area contributed by atoms with Crippen molar-refractivity contribution in [1.82, 2.24) is 19.1 Å². The van der Waals surface area contributed by atoms with E-state index in [0.29, 0.717) is 11.8 Å². The first kappa shape index (κ1) is 27.6. The maximum Gasteiger partial charge on any atom is 0.367 e. The van der Waals surface area contributed by atoms with Gasteiger partial charge in [-0.2, -0.15) is 14.1 Å². The second-order valence-corrected chi connectivity index (χ2v) is 11.6. The summed E-state index contributed by atoms with van der Waals surface area (Å²) in [6.07, 6.45) is 5.79. The zero-order valence-corrected chi connectivity index (χ0v) is 22.1. The largest absolute Gasteiger partial charge is 0.483 e. The normalized spacial score (nSPS) is 16.8. The van der Waals surface area contributed by atoms with Gasteiger partial charge in [-0.25, -0.2) is 17.2 Å². The fourth-order valence-corrected chi connectivity index (χ4v) is 6.51. The molecule has 3 heterocycles. The van der Waals surface area contributed by atoms with Crippen molar-refractivity contribution in [2.75, 3.05) is 31.1 Å². The van der Waals surface area contributed by atoms with Crippen molar-refractivity contribution in [2.24, 2.45) is 0 Å². The highest BCUT2D eigenvalue weighted by Crippen LogP contribution is 2.31. The van der Waals surface area contributed by atoms with E-state index in [0.717, 1.165) is 42.5 Å². The van der Waals surface area contributed by atoms with Gasteiger partial charge in [-0.1, -0.05) is 0 Å². The number of hydrogen-bond donors (Lipinski definition) is 0. The molecular formula is C25H26F2N6O6S. The van der Waals surface area contributed by atoms with Crippen LogP contribution in [-0.2, 0) is 15.8 Å². The molecule has 1 aliphatic heterocycles. The number of anilines is 1. The van der Waals surface area contributed by atoms with Crippen LogP contribution in [0.25, 0.3) is 5.69 Å². The predicted molar refractivity (Wildman–Crippen MR) is 140 cm³/mol. The summed E-state index contributed by atoms with van der Waals surface area (Å²) >= 11 is 0. The molecule has 15 heteroatoms. The number of pyridine rings is 1. The third-order valence-corrected chi connectivity index (χ3v) is 8.77. The second kappa shape index (κ2) is 11.3. The van der Waals surface area contributed by atoms with E-state index in [1.807, 2.05) is 0 Å².